The molecule has 114 valence electrons. The Morgan fingerprint density at radius 1 is 1.27 bits per heavy atom. The third-order valence-corrected chi connectivity index (χ3v) is 4.60. The normalized spacial score (nSPS) is 17.3. The highest BCUT2D eigenvalue weighted by Gasteiger charge is 2.20. The van der Waals surface area contributed by atoms with Crippen molar-refractivity contribution >= 4 is 10.9 Å². The molecule has 1 aromatic carbocycles. The van der Waals surface area contributed by atoms with Gasteiger partial charge in [0.25, 0.3) is 5.89 Å². The van der Waals surface area contributed by atoms with Gasteiger partial charge in [-0.3, -0.25) is 0 Å². The van der Waals surface area contributed by atoms with Crippen LogP contribution in [0.1, 0.15) is 18.7 Å². The van der Waals surface area contributed by atoms with Crippen LogP contribution >= 0.6 is 0 Å². The highest BCUT2D eigenvalue weighted by atomic mass is 16.5. The van der Waals surface area contributed by atoms with Gasteiger partial charge in [-0.25, -0.2) is 0 Å². The number of hydrogen-bond acceptors (Lipinski definition) is 4. The van der Waals surface area contributed by atoms with Crippen LogP contribution in [0.2, 0.25) is 0 Å². The number of likely N-dealkylation sites (tertiary alicyclic amines) is 1. The van der Waals surface area contributed by atoms with Crippen LogP contribution in [-0.2, 0) is 6.42 Å². The topological polar surface area (TPSA) is 58.0 Å². The SMILES string of the molecule is CN1CCC(Cc2noc(-c3c[nH]c4ccccc34)n2)CC1. The Kier molecular flexibility index (Phi) is 3.42. The molecule has 4 rings (SSSR count). The van der Waals surface area contributed by atoms with Crippen LogP contribution in [0.25, 0.3) is 22.4 Å². The summed E-state index contributed by atoms with van der Waals surface area (Å²) in [5.74, 6) is 2.11. The first-order chi connectivity index (χ1) is 10.8. The fourth-order valence-electron chi connectivity index (χ4n) is 3.22. The van der Waals surface area contributed by atoms with Crippen molar-refractivity contribution in [3.8, 4) is 11.5 Å². The summed E-state index contributed by atoms with van der Waals surface area (Å²) in [6, 6.07) is 8.16. The quantitative estimate of drug-likeness (QED) is 0.807. The van der Waals surface area contributed by atoms with Gasteiger partial charge < -0.3 is 14.4 Å². The lowest BCUT2D eigenvalue weighted by Gasteiger charge is -2.27. The number of para-hydroxylation sites is 1. The molecule has 5 heteroatoms. The van der Waals surface area contributed by atoms with Gasteiger partial charge in [-0.15, -0.1) is 0 Å². The van der Waals surface area contributed by atoms with Gasteiger partial charge in [0.1, 0.15) is 0 Å². The smallest absolute Gasteiger partial charge is 0.260 e. The monoisotopic (exact) mass is 296 g/mol. The number of rotatable bonds is 3. The molecule has 22 heavy (non-hydrogen) atoms. The number of H-pyrrole nitrogens is 1. The zero-order valence-corrected chi connectivity index (χ0v) is 12.7. The Morgan fingerprint density at radius 3 is 2.95 bits per heavy atom. The summed E-state index contributed by atoms with van der Waals surface area (Å²) < 4.78 is 5.49. The lowest BCUT2D eigenvalue weighted by molar-refractivity contribution is 0.216. The van der Waals surface area contributed by atoms with E-state index < -0.39 is 0 Å². The van der Waals surface area contributed by atoms with E-state index in [1.54, 1.807) is 0 Å². The maximum atomic E-state index is 5.49. The Balaban J connectivity index is 1.54. The van der Waals surface area contributed by atoms with Gasteiger partial charge in [-0.1, -0.05) is 23.4 Å². The predicted molar refractivity (Wildman–Crippen MR) is 85.5 cm³/mol. The molecule has 0 radical (unpaired) electrons. The Morgan fingerprint density at radius 2 is 2.09 bits per heavy atom. The summed E-state index contributed by atoms with van der Waals surface area (Å²) in [5.41, 5.74) is 2.07. The second-order valence-corrected chi connectivity index (χ2v) is 6.21. The molecule has 0 saturated carbocycles. The van der Waals surface area contributed by atoms with Crippen molar-refractivity contribution in [2.45, 2.75) is 19.3 Å². The van der Waals surface area contributed by atoms with E-state index in [1.165, 1.54) is 12.8 Å². The molecule has 1 aliphatic rings. The molecule has 0 spiro atoms. The van der Waals surface area contributed by atoms with E-state index in [4.69, 9.17) is 4.52 Å². The van der Waals surface area contributed by atoms with Gasteiger partial charge in [0.05, 0.1) is 5.56 Å². The van der Waals surface area contributed by atoms with E-state index in [0.717, 1.165) is 41.8 Å². The highest BCUT2D eigenvalue weighted by molar-refractivity contribution is 5.93. The lowest BCUT2D eigenvalue weighted by atomic mass is 9.94. The van der Waals surface area contributed by atoms with Gasteiger partial charge in [0.2, 0.25) is 0 Å². The van der Waals surface area contributed by atoms with Crippen molar-refractivity contribution in [3.05, 3.63) is 36.3 Å². The number of nitrogens with zero attached hydrogens (tertiary/aromatic N) is 3. The first-order valence-electron chi connectivity index (χ1n) is 7.87. The largest absolute Gasteiger partial charge is 0.360 e. The molecule has 5 nitrogen and oxygen atoms in total. The second kappa shape index (κ2) is 5.57. The minimum absolute atomic E-state index is 0.611. The molecule has 1 aliphatic heterocycles. The number of nitrogens with one attached hydrogen (secondary N) is 1. The van der Waals surface area contributed by atoms with Crippen LogP contribution < -0.4 is 0 Å². The lowest BCUT2D eigenvalue weighted by Crippen LogP contribution is -2.31. The van der Waals surface area contributed by atoms with E-state index in [2.05, 4.69) is 39.2 Å². The van der Waals surface area contributed by atoms with Crippen LogP contribution in [0.15, 0.2) is 35.0 Å². The van der Waals surface area contributed by atoms with Crippen LogP contribution in [0.3, 0.4) is 0 Å². The van der Waals surface area contributed by atoms with E-state index in [-0.39, 0.29) is 0 Å². The number of fused-ring (bicyclic) bond motifs is 1. The molecule has 1 fully saturated rings. The van der Waals surface area contributed by atoms with Gasteiger partial charge >= 0.3 is 0 Å². The molecule has 0 unspecified atom stereocenters. The average molecular weight is 296 g/mol. The van der Waals surface area contributed by atoms with Gasteiger partial charge in [0.15, 0.2) is 5.82 Å². The summed E-state index contributed by atoms with van der Waals surface area (Å²) >= 11 is 0. The van der Waals surface area contributed by atoms with E-state index in [1.807, 2.05) is 18.3 Å². The van der Waals surface area contributed by atoms with Crippen LogP contribution in [0, 0.1) is 5.92 Å². The number of piperidine rings is 1. The third-order valence-electron chi connectivity index (χ3n) is 4.60. The third kappa shape index (κ3) is 2.52. The summed E-state index contributed by atoms with van der Waals surface area (Å²) in [7, 11) is 2.18. The van der Waals surface area contributed by atoms with Crippen molar-refractivity contribution in [2.24, 2.45) is 5.92 Å². The van der Waals surface area contributed by atoms with E-state index >= 15 is 0 Å². The minimum Gasteiger partial charge on any atom is -0.360 e. The number of benzene rings is 1. The number of aromatic nitrogens is 3. The first-order valence-corrected chi connectivity index (χ1v) is 7.87. The Labute approximate surface area is 129 Å². The molecular weight excluding hydrogens is 276 g/mol. The number of hydrogen-bond donors (Lipinski definition) is 1. The average Bonchev–Trinajstić information content (AvgIpc) is 3.16. The fraction of sp³-hybridized carbons (Fsp3) is 0.412. The molecule has 0 amide bonds. The molecule has 1 saturated heterocycles. The van der Waals surface area contributed by atoms with Crippen molar-refractivity contribution in [1.82, 2.24) is 20.0 Å². The van der Waals surface area contributed by atoms with Crippen LogP contribution in [0.4, 0.5) is 0 Å². The molecular formula is C17H20N4O. The molecule has 3 heterocycles. The summed E-state index contributed by atoms with van der Waals surface area (Å²) in [6.45, 7) is 2.33. The maximum Gasteiger partial charge on any atom is 0.260 e. The zero-order valence-electron chi connectivity index (χ0n) is 12.7. The van der Waals surface area contributed by atoms with Crippen molar-refractivity contribution in [3.63, 3.8) is 0 Å². The van der Waals surface area contributed by atoms with Crippen molar-refractivity contribution < 1.29 is 4.52 Å². The highest BCUT2D eigenvalue weighted by Crippen LogP contribution is 2.28. The molecule has 1 N–H and O–H groups in total. The standard InChI is InChI=1S/C17H20N4O/c1-21-8-6-12(7-9-21)10-16-19-17(22-20-16)14-11-18-15-5-3-2-4-13(14)15/h2-5,11-12,18H,6-10H2,1H3. The van der Waals surface area contributed by atoms with E-state index in [0.29, 0.717) is 11.8 Å². The van der Waals surface area contributed by atoms with Gasteiger partial charge in [-0.05, 0) is 45.0 Å². The summed E-state index contributed by atoms with van der Waals surface area (Å²) in [4.78, 5) is 10.2. The maximum absolute atomic E-state index is 5.49. The first kappa shape index (κ1) is 13.5. The molecule has 2 aromatic heterocycles. The van der Waals surface area contributed by atoms with Crippen LogP contribution in [0.5, 0.6) is 0 Å². The van der Waals surface area contributed by atoms with Crippen molar-refractivity contribution in [2.75, 3.05) is 20.1 Å². The van der Waals surface area contributed by atoms with Crippen molar-refractivity contribution in [1.29, 1.82) is 0 Å². The zero-order chi connectivity index (χ0) is 14.9. The number of aromatic amines is 1. The fourth-order valence-corrected chi connectivity index (χ4v) is 3.22. The second-order valence-electron chi connectivity index (χ2n) is 6.21. The van der Waals surface area contributed by atoms with E-state index in [9.17, 15) is 0 Å². The molecule has 0 aliphatic carbocycles. The van der Waals surface area contributed by atoms with Gasteiger partial charge in [0, 0.05) is 23.5 Å². The molecule has 3 aromatic rings. The Hall–Kier alpha value is -2.14. The Bertz CT molecular complexity index is 768. The van der Waals surface area contributed by atoms with Crippen LogP contribution in [-0.4, -0.2) is 40.2 Å². The molecule has 0 atom stereocenters. The summed E-state index contributed by atoms with van der Waals surface area (Å²) in [6.07, 6.45) is 5.29. The minimum atomic E-state index is 0.611. The predicted octanol–water partition coefficient (Wildman–Crippen LogP) is 3.10. The molecule has 0 bridgehead atoms. The summed E-state index contributed by atoms with van der Waals surface area (Å²) in [5, 5.41) is 5.30. The van der Waals surface area contributed by atoms with Gasteiger partial charge in [-0.2, -0.15) is 4.98 Å².